The van der Waals surface area contributed by atoms with Gasteiger partial charge in [-0.15, -0.1) is 0 Å². The molecule has 2 aromatic carbocycles. The van der Waals surface area contributed by atoms with E-state index in [-0.39, 0.29) is 23.8 Å². The first-order valence-corrected chi connectivity index (χ1v) is 12.0. The number of benzene rings is 2. The van der Waals surface area contributed by atoms with Crippen LogP contribution in [-0.4, -0.2) is 83.2 Å². The molecule has 0 aliphatic heterocycles. The lowest BCUT2D eigenvalue weighted by atomic mass is 9.89. The van der Waals surface area contributed by atoms with Gasteiger partial charge in [0.25, 0.3) is 5.97 Å². The quantitative estimate of drug-likeness (QED) is 0.305. The molecule has 10 nitrogen and oxygen atoms in total. The van der Waals surface area contributed by atoms with Crippen molar-refractivity contribution in [2.75, 3.05) is 33.9 Å². The predicted molar refractivity (Wildman–Crippen MR) is 141 cm³/mol. The van der Waals surface area contributed by atoms with Crippen LogP contribution in [0, 0.1) is 0 Å². The molecule has 3 aromatic rings. The fourth-order valence-corrected chi connectivity index (χ4v) is 3.82. The summed E-state index contributed by atoms with van der Waals surface area (Å²) in [6, 6.07) is 11.2. The Hall–Kier alpha value is -3.89. The topological polar surface area (TPSA) is 137 Å². The molecular formula is C27H34N4O6. The van der Waals surface area contributed by atoms with E-state index in [9.17, 15) is 9.90 Å². The zero-order chi connectivity index (χ0) is 26.8. The third kappa shape index (κ3) is 8.62. The molecule has 0 spiro atoms. The number of likely N-dealkylation sites (N-methyl/N-ethyl adjacent to an activating group) is 1. The summed E-state index contributed by atoms with van der Waals surface area (Å²) in [6.07, 6.45) is 6.77. The Bertz CT molecular complexity index is 1200. The van der Waals surface area contributed by atoms with Crippen LogP contribution in [0.1, 0.15) is 19.8 Å². The van der Waals surface area contributed by atoms with Gasteiger partial charge in [0.1, 0.15) is 17.6 Å². The number of aliphatic carboxylic acids is 1. The number of H-pyrrole nitrogens is 1. The molecule has 1 saturated carbocycles. The van der Waals surface area contributed by atoms with Gasteiger partial charge in [-0.05, 0) is 42.4 Å². The maximum absolute atomic E-state index is 12.2. The highest BCUT2D eigenvalue weighted by Crippen LogP contribution is 2.35. The Morgan fingerprint density at radius 1 is 1.22 bits per heavy atom. The molecule has 37 heavy (non-hydrogen) atoms. The fraction of sp³-hybridized carbons (Fsp3) is 0.370. The van der Waals surface area contributed by atoms with E-state index >= 15 is 0 Å². The number of nitrogens with one attached hydrogen (secondary N) is 2. The van der Waals surface area contributed by atoms with Crippen molar-refractivity contribution >= 4 is 22.8 Å². The number of aromatic hydroxyl groups is 1. The molecule has 10 heteroatoms. The average molecular weight is 511 g/mol. The minimum Gasteiger partial charge on any atom is -0.508 e. The van der Waals surface area contributed by atoms with Crippen LogP contribution in [0.2, 0.25) is 0 Å². The number of carboxylic acid groups (broad SMARTS) is 1. The molecule has 1 heterocycles. The van der Waals surface area contributed by atoms with Crippen molar-refractivity contribution < 1.29 is 29.3 Å². The molecule has 1 fully saturated rings. The summed E-state index contributed by atoms with van der Waals surface area (Å²) in [4.78, 5) is 23.2. The number of aromatic amines is 1. The van der Waals surface area contributed by atoms with Gasteiger partial charge >= 0.3 is 0 Å². The van der Waals surface area contributed by atoms with Gasteiger partial charge in [-0.25, -0.2) is 0 Å². The summed E-state index contributed by atoms with van der Waals surface area (Å²) in [7, 11) is 3.67. The number of ether oxygens (including phenoxy) is 2. The van der Waals surface area contributed by atoms with Crippen molar-refractivity contribution in [3.8, 4) is 22.6 Å². The van der Waals surface area contributed by atoms with Crippen LogP contribution in [-0.2, 0) is 14.3 Å². The van der Waals surface area contributed by atoms with E-state index in [4.69, 9.17) is 19.4 Å². The summed E-state index contributed by atoms with van der Waals surface area (Å²) in [5, 5.41) is 28.1. The van der Waals surface area contributed by atoms with Crippen molar-refractivity contribution in [2.24, 2.45) is 0 Å². The number of carbonyl (C=O) groups excluding carboxylic acids is 1. The van der Waals surface area contributed by atoms with E-state index in [1.807, 2.05) is 37.4 Å². The SMILES string of the molecule is CC(=O)O.COCCN(C)C/C=C/C(=O)NC1CC(Oc2cc(-c3ccc(O)cc3)cc3[nH]ncc23)C1. The average Bonchev–Trinajstić information content (AvgIpc) is 3.30. The van der Waals surface area contributed by atoms with Gasteiger partial charge in [-0.3, -0.25) is 14.7 Å². The third-order valence-electron chi connectivity index (χ3n) is 5.82. The molecular weight excluding hydrogens is 476 g/mol. The molecule has 1 amide bonds. The third-order valence-corrected chi connectivity index (χ3v) is 5.82. The van der Waals surface area contributed by atoms with Gasteiger partial charge in [-0.1, -0.05) is 18.2 Å². The standard InChI is InChI=1S/C25H30N4O4.C2H4O2/c1-29(10-11-32-2)9-3-4-25(31)27-19-14-21(15-19)33-24-13-18(12-23-22(24)16-26-28-23)17-5-7-20(30)8-6-17;1-2(3)4/h3-8,12-13,16,19,21,30H,9-11,14-15H2,1-2H3,(H,26,28)(H,27,31);1H3,(H,3,4)/b4-3+;. The van der Waals surface area contributed by atoms with Crippen LogP contribution in [0.4, 0.5) is 0 Å². The van der Waals surface area contributed by atoms with Crippen LogP contribution in [0.25, 0.3) is 22.0 Å². The second-order valence-electron chi connectivity index (χ2n) is 8.95. The molecule has 1 aliphatic rings. The van der Waals surface area contributed by atoms with E-state index in [1.54, 1.807) is 31.5 Å². The maximum Gasteiger partial charge on any atom is 0.300 e. The first-order valence-electron chi connectivity index (χ1n) is 12.0. The molecule has 0 unspecified atom stereocenters. The number of aromatic nitrogens is 2. The number of carboxylic acids is 1. The number of phenols is 1. The number of fused-ring (bicyclic) bond motifs is 1. The summed E-state index contributed by atoms with van der Waals surface area (Å²) in [5.41, 5.74) is 2.85. The Labute approximate surface area is 215 Å². The highest BCUT2D eigenvalue weighted by molar-refractivity contribution is 5.90. The molecule has 0 radical (unpaired) electrons. The van der Waals surface area contributed by atoms with Gasteiger partial charge in [0, 0.05) is 52.1 Å². The van der Waals surface area contributed by atoms with Gasteiger partial charge < -0.3 is 29.9 Å². The summed E-state index contributed by atoms with van der Waals surface area (Å²) in [6.45, 7) is 3.27. The second-order valence-corrected chi connectivity index (χ2v) is 8.95. The monoisotopic (exact) mass is 510 g/mol. The first kappa shape index (κ1) is 27.7. The number of hydrogen-bond donors (Lipinski definition) is 4. The van der Waals surface area contributed by atoms with Crippen molar-refractivity contribution in [2.45, 2.75) is 31.9 Å². The van der Waals surface area contributed by atoms with Crippen LogP contribution in [0.15, 0.2) is 54.7 Å². The molecule has 4 rings (SSSR count). The van der Waals surface area contributed by atoms with Gasteiger partial charge in [0.05, 0.1) is 23.7 Å². The van der Waals surface area contributed by atoms with Crippen molar-refractivity contribution in [1.29, 1.82) is 0 Å². The van der Waals surface area contributed by atoms with Crippen LogP contribution >= 0.6 is 0 Å². The fourth-order valence-electron chi connectivity index (χ4n) is 3.82. The minimum absolute atomic E-state index is 0.0348. The van der Waals surface area contributed by atoms with E-state index in [2.05, 4.69) is 20.4 Å². The maximum atomic E-state index is 12.2. The van der Waals surface area contributed by atoms with Crippen molar-refractivity contribution in [3.63, 3.8) is 0 Å². The Balaban J connectivity index is 0.000000886. The number of rotatable bonds is 10. The second kappa shape index (κ2) is 13.4. The highest BCUT2D eigenvalue weighted by atomic mass is 16.5. The number of carbonyl (C=O) groups is 2. The molecule has 4 N–H and O–H groups in total. The number of nitrogens with zero attached hydrogens (tertiary/aromatic N) is 2. The minimum atomic E-state index is -0.833. The molecule has 198 valence electrons. The van der Waals surface area contributed by atoms with Gasteiger partial charge in [0.15, 0.2) is 0 Å². The molecule has 1 aromatic heterocycles. The Kier molecular flexibility index (Phi) is 10.0. The lowest BCUT2D eigenvalue weighted by Gasteiger charge is -2.35. The van der Waals surface area contributed by atoms with E-state index in [1.165, 1.54) is 0 Å². The molecule has 0 atom stereocenters. The van der Waals surface area contributed by atoms with E-state index in [0.717, 1.165) is 54.1 Å². The Morgan fingerprint density at radius 2 is 1.92 bits per heavy atom. The van der Waals surface area contributed by atoms with Gasteiger partial charge in [-0.2, -0.15) is 5.10 Å². The number of hydrogen-bond acceptors (Lipinski definition) is 7. The van der Waals surface area contributed by atoms with Crippen molar-refractivity contribution in [1.82, 2.24) is 20.4 Å². The molecule has 0 saturated heterocycles. The first-order chi connectivity index (χ1) is 17.7. The van der Waals surface area contributed by atoms with Crippen LogP contribution < -0.4 is 10.1 Å². The van der Waals surface area contributed by atoms with Crippen LogP contribution in [0.5, 0.6) is 11.5 Å². The predicted octanol–water partition coefficient (Wildman–Crippen LogP) is 3.19. The lowest BCUT2D eigenvalue weighted by molar-refractivity contribution is -0.134. The molecule has 1 aliphatic carbocycles. The molecule has 0 bridgehead atoms. The van der Waals surface area contributed by atoms with Gasteiger partial charge in [0.2, 0.25) is 5.91 Å². The van der Waals surface area contributed by atoms with Crippen molar-refractivity contribution in [3.05, 3.63) is 54.7 Å². The normalized spacial score (nSPS) is 16.8. The summed E-state index contributed by atoms with van der Waals surface area (Å²) >= 11 is 0. The number of methoxy groups -OCH3 is 1. The zero-order valence-corrected chi connectivity index (χ0v) is 21.3. The zero-order valence-electron chi connectivity index (χ0n) is 21.3. The number of phenolic OH excluding ortho intramolecular Hbond substituents is 1. The smallest absolute Gasteiger partial charge is 0.300 e. The highest BCUT2D eigenvalue weighted by Gasteiger charge is 2.32. The van der Waals surface area contributed by atoms with Crippen LogP contribution in [0.3, 0.4) is 0 Å². The summed E-state index contributed by atoms with van der Waals surface area (Å²) < 4.78 is 11.3. The summed E-state index contributed by atoms with van der Waals surface area (Å²) in [5.74, 6) is 0.0802. The van der Waals surface area contributed by atoms with E-state index < -0.39 is 5.97 Å². The Morgan fingerprint density at radius 3 is 2.59 bits per heavy atom. The largest absolute Gasteiger partial charge is 0.508 e. The van der Waals surface area contributed by atoms with E-state index in [0.29, 0.717) is 13.2 Å². The lowest BCUT2D eigenvalue weighted by Crippen LogP contribution is -2.48. The number of amides is 1.